The van der Waals surface area contributed by atoms with Crippen LogP contribution in [0.25, 0.3) is 0 Å². The summed E-state index contributed by atoms with van der Waals surface area (Å²) in [4.78, 5) is 29.8. The van der Waals surface area contributed by atoms with Gasteiger partial charge in [-0.3, -0.25) is 9.59 Å². The minimum absolute atomic E-state index is 0.103. The molecule has 1 saturated heterocycles. The molecule has 1 aromatic heterocycles. The van der Waals surface area contributed by atoms with Crippen LogP contribution in [-0.4, -0.2) is 35.4 Å². The number of aryl methyl sites for hydroxylation is 1. The lowest BCUT2D eigenvalue weighted by molar-refractivity contribution is -0.130. The zero-order valence-electron chi connectivity index (χ0n) is 17.5. The van der Waals surface area contributed by atoms with E-state index in [0.717, 1.165) is 36.1 Å². The summed E-state index contributed by atoms with van der Waals surface area (Å²) in [7, 11) is 0. The molecule has 2 aromatic rings. The zero-order valence-corrected chi connectivity index (χ0v) is 17.5. The van der Waals surface area contributed by atoms with Crippen LogP contribution < -0.4 is 21.7 Å². The van der Waals surface area contributed by atoms with Crippen LogP contribution in [0.2, 0.25) is 0 Å². The number of rotatable bonds is 5. The van der Waals surface area contributed by atoms with Crippen LogP contribution in [0.15, 0.2) is 36.4 Å². The predicted molar refractivity (Wildman–Crippen MR) is 116 cm³/mol. The fourth-order valence-corrected chi connectivity index (χ4v) is 4.49. The maximum atomic E-state index is 13.6. The number of aromatic nitrogens is 1. The van der Waals surface area contributed by atoms with Gasteiger partial charge in [0.2, 0.25) is 11.8 Å². The summed E-state index contributed by atoms with van der Waals surface area (Å²) >= 11 is 0. The maximum absolute atomic E-state index is 13.6. The normalized spacial score (nSPS) is 23.6. The molecule has 1 unspecified atom stereocenters. The number of carbonyl (C=O) groups excluding carboxylic acids is 2. The molecule has 1 fully saturated rings. The second kappa shape index (κ2) is 9.01. The van der Waals surface area contributed by atoms with Crippen molar-refractivity contribution < 1.29 is 14.0 Å². The minimum Gasteiger partial charge on any atom is -0.384 e. The molecule has 5 N–H and O–H groups in total. The molecule has 0 spiro atoms. The molecule has 1 aliphatic carbocycles. The summed E-state index contributed by atoms with van der Waals surface area (Å²) < 4.78 is 13.6. The van der Waals surface area contributed by atoms with Gasteiger partial charge in [-0.1, -0.05) is 18.2 Å². The van der Waals surface area contributed by atoms with Crippen LogP contribution in [-0.2, 0) is 16.0 Å². The molecule has 8 heteroatoms. The van der Waals surface area contributed by atoms with Gasteiger partial charge in [0, 0.05) is 5.69 Å². The maximum Gasteiger partial charge on any atom is 0.242 e. The van der Waals surface area contributed by atoms with Crippen LogP contribution in [0.5, 0.6) is 0 Å². The molecule has 1 aliphatic heterocycles. The monoisotopic (exact) mass is 425 g/mol. The first-order chi connectivity index (χ1) is 14.9. The van der Waals surface area contributed by atoms with Crippen LogP contribution in [0, 0.1) is 5.82 Å². The number of halogens is 1. The topological polar surface area (TPSA) is 109 Å². The van der Waals surface area contributed by atoms with Gasteiger partial charge in [0.25, 0.3) is 0 Å². The second-order valence-corrected chi connectivity index (χ2v) is 8.39. The lowest BCUT2D eigenvalue weighted by Gasteiger charge is -2.30. The van der Waals surface area contributed by atoms with Gasteiger partial charge in [-0.2, -0.15) is 0 Å². The first-order valence-corrected chi connectivity index (χ1v) is 10.8. The Morgan fingerprint density at radius 3 is 2.90 bits per heavy atom. The number of hydrogen-bond donors (Lipinski definition) is 4. The van der Waals surface area contributed by atoms with Gasteiger partial charge in [0.05, 0.1) is 12.1 Å². The molecule has 4 atom stereocenters. The Hall–Kier alpha value is -3.00. The summed E-state index contributed by atoms with van der Waals surface area (Å²) in [6.07, 6.45) is 2.92. The van der Waals surface area contributed by atoms with Crippen LogP contribution in [0.1, 0.15) is 55.0 Å². The number of anilines is 1. The Bertz CT molecular complexity index is 982. The Balaban J connectivity index is 1.32. The van der Waals surface area contributed by atoms with E-state index in [1.807, 2.05) is 12.1 Å². The van der Waals surface area contributed by atoms with E-state index in [1.165, 1.54) is 12.1 Å². The fraction of sp³-hybridized carbons (Fsp3) is 0.435. The quantitative estimate of drug-likeness (QED) is 0.586. The number of nitrogens with zero attached hydrogens (tertiary/aromatic N) is 1. The molecule has 7 nitrogen and oxygen atoms in total. The molecular formula is C23H28FN5O2. The average molecular weight is 426 g/mol. The predicted octanol–water partition coefficient (Wildman–Crippen LogP) is 1.95. The standard InChI is InChI=1S/C23H28FN5O2/c1-13(22(30)29-19-7-6-18-17(19)5-8-21(25)28-18)27-23(31)20-12-15(9-10-26-20)14-3-2-4-16(24)11-14/h2-5,8,11,13,15,19-20,26H,6-7,9-10,12H2,1H3,(H2,25,28)(H,27,31)(H,29,30)/t13-,15-,19?,20+/m0/s1. The van der Waals surface area contributed by atoms with Crippen molar-refractivity contribution in [3.05, 3.63) is 59.0 Å². The third kappa shape index (κ3) is 4.85. The molecule has 0 saturated carbocycles. The third-order valence-electron chi connectivity index (χ3n) is 6.19. The molecule has 4 rings (SSSR count). The second-order valence-electron chi connectivity index (χ2n) is 8.39. The Kier molecular flexibility index (Phi) is 6.18. The van der Waals surface area contributed by atoms with Crippen molar-refractivity contribution in [2.45, 2.75) is 56.7 Å². The smallest absolute Gasteiger partial charge is 0.242 e. The van der Waals surface area contributed by atoms with Gasteiger partial charge in [0.1, 0.15) is 17.7 Å². The van der Waals surface area contributed by atoms with Gasteiger partial charge in [-0.05, 0) is 74.4 Å². The van der Waals surface area contributed by atoms with Crippen molar-refractivity contribution in [2.75, 3.05) is 12.3 Å². The summed E-state index contributed by atoms with van der Waals surface area (Å²) in [5.74, 6) is -0.145. The van der Waals surface area contributed by atoms with Crippen molar-refractivity contribution in [3.63, 3.8) is 0 Å². The lowest BCUT2D eigenvalue weighted by Crippen LogP contribution is -2.53. The molecule has 0 bridgehead atoms. The van der Waals surface area contributed by atoms with Crippen molar-refractivity contribution in [1.82, 2.24) is 20.9 Å². The van der Waals surface area contributed by atoms with E-state index >= 15 is 0 Å². The van der Waals surface area contributed by atoms with Gasteiger partial charge < -0.3 is 21.7 Å². The SMILES string of the molecule is C[C@H](NC(=O)[C@H]1C[C@@H](c2cccc(F)c2)CCN1)C(=O)NC1CCc2nc(N)ccc21. The number of pyridine rings is 1. The van der Waals surface area contributed by atoms with E-state index in [4.69, 9.17) is 5.73 Å². The number of nitrogens with two attached hydrogens (primary N) is 1. The van der Waals surface area contributed by atoms with Crippen LogP contribution in [0.3, 0.4) is 0 Å². The Labute approximate surface area is 181 Å². The van der Waals surface area contributed by atoms with Crippen molar-refractivity contribution in [1.29, 1.82) is 0 Å². The summed E-state index contributed by atoms with van der Waals surface area (Å²) in [6.45, 7) is 2.34. The van der Waals surface area contributed by atoms with Gasteiger partial charge in [0.15, 0.2) is 0 Å². The number of nitrogens with one attached hydrogen (secondary N) is 3. The van der Waals surface area contributed by atoms with E-state index in [2.05, 4.69) is 20.9 Å². The molecule has 2 aliphatic rings. The van der Waals surface area contributed by atoms with Gasteiger partial charge in [-0.15, -0.1) is 0 Å². The average Bonchev–Trinajstić information content (AvgIpc) is 3.15. The van der Waals surface area contributed by atoms with Crippen molar-refractivity contribution in [2.24, 2.45) is 0 Å². The fourth-order valence-electron chi connectivity index (χ4n) is 4.49. The number of carbonyl (C=O) groups is 2. The largest absolute Gasteiger partial charge is 0.384 e. The van der Waals surface area contributed by atoms with E-state index in [0.29, 0.717) is 18.8 Å². The third-order valence-corrected chi connectivity index (χ3v) is 6.19. The van der Waals surface area contributed by atoms with Gasteiger partial charge in [-0.25, -0.2) is 9.37 Å². The molecule has 2 heterocycles. The first kappa shape index (κ1) is 21.2. The number of nitrogen functional groups attached to an aromatic ring is 1. The molecular weight excluding hydrogens is 397 g/mol. The summed E-state index contributed by atoms with van der Waals surface area (Å²) in [5.41, 5.74) is 8.53. The molecule has 2 amide bonds. The molecule has 31 heavy (non-hydrogen) atoms. The number of piperidine rings is 1. The number of fused-ring (bicyclic) bond motifs is 1. The lowest BCUT2D eigenvalue weighted by atomic mass is 9.86. The zero-order chi connectivity index (χ0) is 22.0. The van der Waals surface area contributed by atoms with E-state index in [-0.39, 0.29) is 29.6 Å². The number of amides is 2. The summed E-state index contributed by atoms with van der Waals surface area (Å²) in [6, 6.07) is 8.96. The van der Waals surface area contributed by atoms with E-state index in [9.17, 15) is 14.0 Å². The molecule has 1 aromatic carbocycles. The molecule has 164 valence electrons. The number of hydrogen-bond acceptors (Lipinski definition) is 5. The van der Waals surface area contributed by atoms with Crippen LogP contribution in [0.4, 0.5) is 10.2 Å². The van der Waals surface area contributed by atoms with Crippen LogP contribution >= 0.6 is 0 Å². The highest BCUT2D eigenvalue weighted by molar-refractivity contribution is 5.89. The van der Waals surface area contributed by atoms with Crippen molar-refractivity contribution >= 4 is 17.6 Å². The highest BCUT2D eigenvalue weighted by Gasteiger charge is 2.31. The highest BCUT2D eigenvalue weighted by Crippen LogP contribution is 2.30. The Morgan fingerprint density at radius 2 is 2.10 bits per heavy atom. The summed E-state index contributed by atoms with van der Waals surface area (Å²) in [5, 5.41) is 9.03. The highest BCUT2D eigenvalue weighted by atomic mass is 19.1. The molecule has 0 radical (unpaired) electrons. The van der Waals surface area contributed by atoms with E-state index < -0.39 is 12.1 Å². The Morgan fingerprint density at radius 1 is 1.26 bits per heavy atom. The number of benzene rings is 1. The minimum atomic E-state index is -0.672. The van der Waals surface area contributed by atoms with E-state index in [1.54, 1.807) is 19.1 Å². The van der Waals surface area contributed by atoms with Crippen molar-refractivity contribution in [3.8, 4) is 0 Å². The van der Waals surface area contributed by atoms with Gasteiger partial charge >= 0.3 is 0 Å². The first-order valence-electron chi connectivity index (χ1n) is 10.8.